The van der Waals surface area contributed by atoms with Crippen molar-refractivity contribution in [2.75, 3.05) is 6.54 Å². The summed E-state index contributed by atoms with van der Waals surface area (Å²) in [6, 6.07) is 10.2. The van der Waals surface area contributed by atoms with E-state index >= 15 is 0 Å². The molecule has 0 N–H and O–H groups in total. The zero-order valence-electron chi connectivity index (χ0n) is 12.7. The Hall–Kier alpha value is -1.83. The summed E-state index contributed by atoms with van der Waals surface area (Å²) in [5.74, 6) is 1.05. The van der Waals surface area contributed by atoms with Gasteiger partial charge in [-0.1, -0.05) is 61.4 Å². The number of nitrogens with zero attached hydrogens (tertiary/aromatic N) is 1. The van der Waals surface area contributed by atoms with Gasteiger partial charge < -0.3 is 4.90 Å². The maximum Gasteiger partial charge on any atom is 0.230 e. The first-order chi connectivity index (χ1) is 10.3. The van der Waals surface area contributed by atoms with Crippen LogP contribution in [0.3, 0.4) is 0 Å². The Morgan fingerprint density at radius 2 is 1.95 bits per heavy atom. The molecule has 3 rings (SSSR count). The van der Waals surface area contributed by atoms with Crippen molar-refractivity contribution in [2.45, 2.75) is 32.6 Å². The topological polar surface area (TPSA) is 20.3 Å². The van der Waals surface area contributed by atoms with Gasteiger partial charge in [-0.2, -0.15) is 0 Å². The SMILES string of the molecule is CC1=C[C@H]2CCCC[C@@H]2C(=O)N1C/C=C/c1ccccc1. The normalized spacial score (nSPS) is 25.9. The number of hydrogen-bond donors (Lipinski definition) is 0. The minimum atomic E-state index is 0.229. The molecule has 1 amide bonds. The number of amides is 1. The van der Waals surface area contributed by atoms with Gasteiger partial charge in [0.1, 0.15) is 0 Å². The second-order valence-corrected chi connectivity index (χ2v) is 6.12. The summed E-state index contributed by atoms with van der Waals surface area (Å²) in [5, 5.41) is 0. The maximum absolute atomic E-state index is 12.7. The average Bonchev–Trinajstić information content (AvgIpc) is 2.51. The Morgan fingerprint density at radius 3 is 2.76 bits per heavy atom. The number of fused-ring (bicyclic) bond motifs is 1. The van der Waals surface area contributed by atoms with Crippen molar-refractivity contribution >= 4 is 12.0 Å². The summed E-state index contributed by atoms with van der Waals surface area (Å²) in [4.78, 5) is 14.6. The Bertz CT molecular complexity index is 558. The van der Waals surface area contributed by atoms with E-state index in [1.807, 2.05) is 23.1 Å². The van der Waals surface area contributed by atoms with E-state index < -0.39 is 0 Å². The lowest BCUT2D eigenvalue weighted by Gasteiger charge is -2.38. The number of rotatable bonds is 3. The molecule has 0 bridgehead atoms. The second kappa shape index (κ2) is 6.30. The van der Waals surface area contributed by atoms with Gasteiger partial charge >= 0.3 is 0 Å². The highest BCUT2D eigenvalue weighted by atomic mass is 16.2. The van der Waals surface area contributed by atoms with Crippen molar-refractivity contribution in [1.82, 2.24) is 4.90 Å². The van der Waals surface area contributed by atoms with Crippen LogP contribution in [0.25, 0.3) is 6.08 Å². The molecule has 21 heavy (non-hydrogen) atoms. The lowest BCUT2D eigenvalue weighted by atomic mass is 9.76. The highest BCUT2D eigenvalue weighted by molar-refractivity contribution is 5.82. The van der Waals surface area contributed by atoms with Crippen LogP contribution in [0.15, 0.2) is 48.2 Å². The average molecular weight is 281 g/mol. The summed E-state index contributed by atoms with van der Waals surface area (Å²) >= 11 is 0. The third-order valence-corrected chi connectivity index (χ3v) is 4.68. The molecule has 2 heteroatoms. The van der Waals surface area contributed by atoms with Gasteiger partial charge in [-0.25, -0.2) is 0 Å². The molecule has 0 spiro atoms. The van der Waals surface area contributed by atoms with Gasteiger partial charge in [0, 0.05) is 18.2 Å². The van der Waals surface area contributed by atoms with Crippen LogP contribution in [0, 0.1) is 11.8 Å². The van der Waals surface area contributed by atoms with Gasteiger partial charge in [-0.05, 0) is 31.2 Å². The summed E-state index contributed by atoms with van der Waals surface area (Å²) in [5.41, 5.74) is 2.31. The number of hydrogen-bond acceptors (Lipinski definition) is 1. The molecule has 0 aromatic heterocycles. The van der Waals surface area contributed by atoms with E-state index in [-0.39, 0.29) is 5.92 Å². The van der Waals surface area contributed by atoms with Gasteiger partial charge in [0.15, 0.2) is 0 Å². The van der Waals surface area contributed by atoms with E-state index in [1.54, 1.807) is 0 Å². The smallest absolute Gasteiger partial charge is 0.230 e. The van der Waals surface area contributed by atoms with E-state index in [0.717, 1.165) is 12.1 Å². The van der Waals surface area contributed by atoms with Gasteiger partial charge in [0.25, 0.3) is 0 Å². The molecule has 1 heterocycles. The van der Waals surface area contributed by atoms with E-state index in [4.69, 9.17) is 0 Å². The van der Waals surface area contributed by atoms with Crippen LogP contribution in [0.4, 0.5) is 0 Å². The fourth-order valence-electron chi connectivity index (χ4n) is 3.53. The Labute approximate surface area is 127 Å². The van der Waals surface area contributed by atoms with Crippen molar-refractivity contribution in [1.29, 1.82) is 0 Å². The van der Waals surface area contributed by atoms with Crippen LogP contribution in [0.5, 0.6) is 0 Å². The molecule has 2 aliphatic rings. The molecular formula is C19H23NO. The molecule has 0 unspecified atom stereocenters. The molecule has 1 saturated carbocycles. The van der Waals surface area contributed by atoms with Crippen molar-refractivity contribution < 1.29 is 4.79 Å². The first-order valence-electron chi connectivity index (χ1n) is 7.97. The van der Waals surface area contributed by atoms with Crippen LogP contribution in [0.2, 0.25) is 0 Å². The first-order valence-corrected chi connectivity index (χ1v) is 7.97. The third-order valence-electron chi connectivity index (χ3n) is 4.68. The summed E-state index contributed by atoms with van der Waals surface area (Å²) < 4.78 is 0. The molecule has 110 valence electrons. The summed E-state index contributed by atoms with van der Waals surface area (Å²) in [6.45, 7) is 2.75. The van der Waals surface area contributed by atoms with Crippen LogP contribution in [-0.4, -0.2) is 17.4 Å². The molecule has 1 aromatic rings. The largest absolute Gasteiger partial charge is 0.313 e. The predicted octanol–water partition coefficient (Wildman–Crippen LogP) is 4.25. The van der Waals surface area contributed by atoms with Crippen molar-refractivity contribution in [2.24, 2.45) is 11.8 Å². The fraction of sp³-hybridized carbons (Fsp3) is 0.421. The highest BCUT2D eigenvalue weighted by Crippen LogP contribution is 2.37. The molecule has 0 radical (unpaired) electrons. The molecule has 2 nitrogen and oxygen atoms in total. The maximum atomic E-state index is 12.7. The number of allylic oxidation sites excluding steroid dienone is 2. The highest BCUT2D eigenvalue weighted by Gasteiger charge is 2.36. The summed E-state index contributed by atoms with van der Waals surface area (Å²) in [6.07, 6.45) is 11.2. The lowest BCUT2D eigenvalue weighted by Crippen LogP contribution is -2.42. The lowest BCUT2D eigenvalue weighted by molar-refractivity contribution is -0.136. The molecule has 1 fully saturated rings. The molecule has 1 aromatic carbocycles. The Morgan fingerprint density at radius 1 is 1.19 bits per heavy atom. The van der Waals surface area contributed by atoms with E-state index in [0.29, 0.717) is 18.4 Å². The Balaban J connectivity index is 1.70. The number of carbonyl (C=O) groups is 1. The zero-order valence-corrected chi connectivity index (χ0v) is 12.7. The summed E-state index contributed by atoms with van der Waals surface area (Å²) in [7, 11) is 0. The van der Waals surface area contributed by atoms with Crippen molar-refractivity contribution in [3.63, 3.8) is 0 Å². The molecule has 0 saturated heterocycles. The second-order valence-electron chi connectivity index (χ2n) is 6.12. The van der Waals surface area contributed by atoms with Gasteiger partial charge in [-0.15, -0.1) is 0 Å². The van der Waals surface area contributed by atoms with Crippen molar-refractivity contribution in [3.05, 3.63) is 53.7 Å². The number of carbonyl (C=O) groups excluding carboxylic acids is 1. The molecule has 2 atom stereocenters. The van der Waals surface area contributed by atoms with E-state index in [2.05, 4.69) is 37.3 Å². The number of benzene rings is 1. The first kappa shape index (κ1) is 14.1. The molecule has 1 aliphatic heterocycles. The van der Waals surface area contributed by atoms with Crippen LogP contribution < -0.4 is 0 Å². The third kappa shape index (κ3) is 3.10. The van der Waals surface area contributed by atoms with Crippen LogP contribution in [0.1, 0.15) is 38.2 Å². The predicted molar refractivity (Wildman–Crippen MR) is 86.4 cm³/mol. The monoisotopic (exact) mass is 281 g/mol. The molecule has 1 aliphatic carbocycles. The minimum Gasteiger partial charge on any atom is -0.313 e. The quantitative estimate of drug-likeness (QED) is 0.811. The van der Waals surface area contributed by atoms with E-state index in [9.17, 15) is 4.79 Å². The minimum absolute atomic E-state index is 0.229. The molecular weight excluding hydrogens is 258 g/mol. The fourth-order valence-corrected chi connectivity index (χ4v) is 3.53. The standard InChI is InChI=1S/C19H23NO/c1-15-14-17-11-5-6-12-18(17)19(21)20(15)13-7-10-16-8-3-2-4-9-16/h2-4,7-10,14,17-18H,5-6,11-13H2,1H3/b10-7+/t17-,18+/m1/s1. The van der Waals surface area contributed by atoms with Gasteiger partial charge in [-0.3, -0.25) is 4.79 Å². The zero-order chi connectivity index (χ0) is 14.7. The van der Waals surface area contributed by atoms with Crippen LogP contribution >= 0.6 is 0 Å². The van der Waals surface area contributed by atoms with Gasteiger partial charge in [0.2, 0.25) is 5.91 Å². The van der Waals surface area contributed by atoms with Gasteiger partial charge in [0.05, 0.1) is 0 Å². The van der Waals surface area contributed by atoms with Crippen molar-refractivity contribution in [3.8, 4) is 0 Å². The van der Waals surface area contributed by atoms with Crippen LogP contribution in [-0.2, 0) is 4.79 Å². The Kier molecular flexibility index (Phi) is 4.23. The van der Waals surface area contributed by atoms with E-state index in [1.165, 1.54) is 24.8 Å².